The van der Waals surface area contributed by atoms with Crippen LogP contribution in [0.2, 0.25) is 0 Å². The Morgan fingerprint density at radius 3 is 2.44 bits per heavy atom. The predicted octanol–water partition coefficient (Wildman–Crippen LogP) is 3.90. The highest BCUT2D eigenvalue weighted by Gasteiger charge is 2.35. The molecule has 0 saturated heterocycles. The van der Waals surface area contributed by atoms with Crippen LogP contribution in [0, 0.1) is 11.3 Å². The van der Waals surface area contributed by atoms with E-state index < -0.39 is 16.1 Å². The second-order valence-electron chi connectivity index (χ2n) is 7.65. The number of nitriles is 1. The van der Waals surface area contributed by atoms with Gasteiger partial charge in [-0.2, -0.15) is 9.57 Å². The summed E-state index contributed by atoms with van der Waals surface area (Å²) < 4.78 is 40.6. The number of nitrogens with zero attached hydrogens (tertiary/aromatic N) is 2. The summed E-state index contributed by atoms with van der Waals surface area (Å²) in [6, 6.07) is 23.3. The Bertz CT molecular complexity index is 1230. The van der Waals surface area contributed by atoms with Gasteiger partial charge in [-0.05, 0) is 47.4 Å². The van der Waals surface area contributed by atoms with Gasteiger partial charge < -0.3 is 9.47 Å². The molecule has 1 unspecified atom stereocenters. The van der Waals surface area contributed by atoms with Gasteiger partial charge in [0.25, 0.3) is 0 Å². The van der Waals surface area contributed by atoms with Gasteiger partial charge in [0, 0.05) is 6.54 Å². The van der Waals surface area contributed by atoms with E-state index in [0.717, 1.165) is 16.7 Å². The zero-order valence-electron chi connectivity index (χ0n) is 17.8. The fourth-order valence-electron chi connectivity index (χ4n) is 3.93. The van der Waals surface area contributed by atoms with E-state index in [4.69, 9.17) is 14.7 Å². The molecule has 7 heteroatoms. The summed E-state index contributed by atoms with van der Waals surface area (Å²) in [7, 11) is -2.43. The van der Waals surface area contributed by atoms with E-state index in [1.165, 1.54) is 11.4 Å². The molecule has 0 spiro atoms. The van der Waals surface area contributed by atoms with Crippen LogP contribution < -0.4 is 4.74 Å². The number of fused-ring (bicyclic) bond motifs is 1. The molecule has 6 nitrogen and oxygen atoms in total. The first kappa shape index (κ1) is 22.0. The van der Waals surface area contributed by atoms with Crippen molar-refractivity contribution < 1.29 is 17.9 Å². The van der Waals surface area contributed by atoms with Crippen LogP contribution in [0.25, 0.3) is 0 Å². The van der Waals surface area contributed by atoms with Crippen LogP contribution in [0.4, 0.5) is 0 Å². The topological polar surface area (TPSA) is 79.6 Å². The average Bonchev–Trinajstić information content (AvgIpc) is 2.81. The van der Waals surface area contributed by atoms with Crippen LogP contribution >= 0.6 is 0 Å². The molecule has 0 radical (unpaired) electrons. The quantitative estimate of drug-likeness (QED) is 0.591. The zero-order chi connectivity index (χ0) is 22.6. The van der Waals surface area contributed by atoms with Crippen molar-refractivity contribution in [3.8, 4) is 11.8 Å². The Hall–Kier alpha value is -3.18. The Kier molecular flexibility index (Phi) is 6.56. The summed E-state index contributed by atoms with van der Waals surface area (Å²) in [5.41, 5.74) is 3.39. The maximum atomic E-state index is 13.9. The lowest BCUT2D eigenvalue weighted by atomic mass is 10.0. The lowest BCUT2D eigenvalue weighted by Gasteiger charge is -2.34. The number of sulfonamides is 1. The minimum Gasteiger partial charge on any atom is -0.495 e. The van der Waals surface area contributed by atoms with E-state index in [-0.39, 0.29) is 18.0 Å². The van der Waals surface area contributed by atoms with Gasteiger partial charge >= 0.3 is 0 Å². The molecule has 1 heterocycles. The van der Waals surface area contributed by atoms with Crippen molar-refractivity contribution in [3.05, 3.63) is 95.1 Å². The fourth-order valence-corrected chi connectivity index (χ4v) is 5.67. The Morgan fingerprint density at radius 1 is 1.03 bits per heavy atom. The van der Waals surface area contributed by atoms with Crippen LogP contribution in [0.3, 0.4) is 0 Å². The summed E-state index contributed by atoms with van der Waals surface area (Å²) in [6.07, 6.45) is 0.461. The Labute approximate surface area is 188 Å². The van der Waals surface area contributed by atoms with Crippen molar-refractivity contribution in [2.24, 2.45) is 0 Å². The number of hydrogen-bond donors (Lipinski definition) is 0. The lowest BCUT2D eigenvalue weighted by Crippen LogP contribution is -2.45. The van der Waals surface area contributed by atoms with Crippen molar-refractivity contribution in [1.29, 1.82) is 5.26 Å². The molecular formula is C25H24N2O4S. The van der Waals surface area contributed by atoms with Crippen molar-refractivity contribution in [2.45, 2.75) is 30.5 Å². The van der Waals surface area contributed by atoms with E-state index >= 15 is 0 Å². The van der Waals surface area contributed by atoms with Crippen LogP contribution in [0.5, 0.6) is 5.75 Å². The highest BCUT2D eigenvalue weighted by atomic mass is 32.2. The third-order valence-electron chi connectivity index (χ3n) is 5.63. The van der Waals surface area contributed by atoms with Crippen LogP contribution in [0.15, 0.2) is 77.7 Å². The van der Waals surface area contributed by atoms with Gasteiger partial charge in [0.1, 0.15) is 10.6 Å². The monoisotopic (exact) mass is 448 g/mol. The van der Waals surface area contributed by atoms with Gasteiger partial charge in [-0.3, -0.25) is 0 Å². The van der Waals surface area contributed by atoms with Gasteiger partial charge in [-0.1, -0.05) is 48.5 Å². The van der Waals surface area contributed by atoms with E-state index in [1.807, 2.05) is 36.4 Å². The number of benzene rings is 3. The molecule has 0 N–H and O–H groups in total. The molecule has 0 fully saturated rings. The number of hydrogen-bond acceptors (Lipinski definition) is 5. The van der Waals surface area contributed by atoms with E-state index in [9.17, 15) is 8.42 Å². The van der Waals surface area contributed by atoms with Crippen LogP contribution in [0.1, 0.15) is 22.3 Å². The van der Waals surface area contributed by atoms with E-state index in [0.29, 0.717) is 24.3 Å². The largest absolute Gasteiger partial charge is 0.495 e. The molecule has 164 valence electrons. The normalized spacial score (nSPS) is 16.9. The number of para-hydroxylation sites is 1. The molecule has 0 bridgehead atoms. The number of ether oxygens (including phenoxy) is 2. The van der Waals surface area contributed by atoms with Crippen molar-refractivity contribution in [3.63, 3.8) is 0 Å². The molecular weight excluding hydrogens is 424 g/mol. The first-order chi connectivity index (χ1) is 15.5. The molecule has 0 saturated carbocycles. The lowest BCUT2D eigenvalue weighted by molar-refractivity contribution is 0.0673. The standard InChI is InChI=1S/C25H24N2O4S/c1-30-24-8-4-5-9-25(24)32(28,29)27-16-21-6-2-3-7-22(21)17-31-18-23(27)14-19-10-12-20(15-26)13-11-19/h2-13,23H,14,16-18H2,1H3. The van der Waals surface area contributed by atoms with Gasteiger partial charge in [0.05, 0.1) is 38.0 Å². The summed E-state index contributed by atoms with van der Waals surface area (Å²) in [4.78, 5) is 0.130. The maximum Gasteiger partial charge on any atom is 0.247 e. The molecule has 4 rings (SSSR count). The Balaban J connectivity index is 1.77. The molecule has 3 aromatic rings. The molecule has 0 aromatic heterocycles. The summed E-state index contributed by atoms with van der Waals surface area (Å²) >= 11 is 0. The molecule has 0 amide bonds. The first-order valence-corrected chi connectivity index (χ1v) is 11.8. The second-order valence-corrected chi connectivity index (χ2v) is 9.51. The summed E-state index contributed by atoms with van der Waals surface area (Å²) in [5, 5.41) is 9.07. The fraction of sp³-hybridized carbons (Fsp3) is 0.240. The molecule has 3 aromatic carbocycles. The smallest absolute Gasteiger partial charge is 0.247 e. The van der Waals surface area contributed by atoms with Gasteiger partial charge in [0.2, 0.25) is 10.0 Å². The van der Waals surface area contributed by atoms with Gasteiger partial charge in [-0.15, -0.1) is 0 Å². The minimum absolute atomic E-state index is 0.130. The highest BCUT2D eigenvalue weighted by molar-refractivity contribution is 7.89. The first-order valence-electron chi connectivity index (χ1n) is 10.3. The zero-order valence-corrected chi connectivity index (χ0v) is 18.6. The third-order valence-corrected chi connectivity index (χ3v) is 7.57. The second kappa shape index (κ2) is 9.53. The van der Waals surface area contributed by atoms with Crippen molar-refractivity contribution in [2.75, 3.05) is 13.7 Å². The summed E-state index contributed by atoms with van der Waals surface area (Å²) in [6.45, 7) is 0.923. The Morgan fingerprint density at radius 2 is 1.72 bits per heavy atom. The maximum absolute atomic E-state index is 13.9. The van der Waals surface area contributed by atoms with Crippen LogP contribution in [-0.4, -0.2) is 32.5 Å². The number of rotatable bonds is 5. The van der Waals surface area contributed by atoms with E-state index in [2.05, 4.69) is 6.07 Å². The number of methoxy groups -OCH3 is 1. The minimum atomic E-state index is -3.89. The average molecular weight is 449 g/mol. The summed E-state index contributed by atoms with van der Waals surface area (Å²) in [5.74, 6) is 0.306. The van der Waals surface area contributed by atoms with Gasteiger partial charge in [-0.25, -0.2) is 8.42 Å². The van der Waals surface area contributed by atoms with Crippen LogP contribution in [-0.2, 0) is 34.3 Å². The SMILES string of the molecule is COc1ccccc1S(=O)(=O)N1Cc2ccccc2COCC1Cc1ccc(C#N)cc1. The molecule has 1 atom stereocenters. The highest BCUT2D eigenvalue weighted by Crippen LogP contribution is 2.31. The molecule has 32 heavy (non-hydrogen) atoms. The molecule has 1 aliphatic rings. The van der Waals surface area contributed by atoms with Gasteiger partial charge in [0.15, 0.2) is 0 Å². The van der Waals surface area contributed by atoms with E-state index in [1.54, 1.807) is 36.4 Å². The molecule has 1 aliphatic heterocycles. The van der Waals surface area contributed by atoms with Crippen molar-refractivity contribution >= 4 is 10.0 Å². The van der Waals surface area contributed by atoms with Crippen molar-refractivity contribution in [1.82, 2.24) is 4.31 Å². The third kappa shape index (κ3) is 4.53. The predicted molar refractivity (Wildman–Crippen MR) is 120 cm³/mol. The molecule has 0 aliphatic carbocycles.